The molecule has 196 valence electrons. The second-order valence-electron chi connectivity index (χ2n) is 7.96. The third-order valence-corrected chi connectivity index (χ3v) is 5.20. The van der Waals surface area contributed by atoms with Gasteiger partial charge in [-0.15, -0.1) is 0 Å². The number of likely N-dealkylation sites (N-methyl/N-ethyl adjacent to an activating group) is 2. The van der Waals surface area contributed by atoms with Crippen LogP contribution in [0.1, 0.15) is 29.8 Å². The van der Waals surface area contributed by atoms with Gasteiger partial charge in [-0.3, -0.25) is 9.59 Å². The summed E-state index contributed by atoms with van der Waals surface area (Å²) in [6.45, 7) is 7.82. The van der Waals surface area contributed by atoms with E-state index in [9.17, 15) is 9.59 Å². The maximum absolute atomic E-state index is 12.6. The number of rotatable bonds is 11. The molecule has 0 saturated carbocycles. The van der Waals surface area contributed by atoms with Gasteiger partial charge in [-0.2, -0.15) is 0 Å². The highest BCUT2D eigenvalue weighted by Crippen LogP contribution is 2.14. The lowest BCUT2D eigenvalue weighted by Crippen LogP contribution is -2.47. The van der Waals surface area contributed by atoms with Crippen LogP contribution in [0.5, 0.6) is 5.75 Å². The number of nitrogens with zero attached hydrogens (tertiary/aromatic N) is 2. The Bertz CT molecular complexity index is 963. The number of carbonyl (C=O) groups is 4. The number of hydrogen-bond acceptors (Lipinski definition) is 6. The van der Waals surface area contributed by atoms with Crippen molar-refractivity contribution in [2.24, 2.45) is 0 Å². The first-order chi connectivity index (χ1) is 17.1. The second-order valence-corrected chi connectivity index (χ2v) is 7.96. The Kier molecular flexibility index (Phi) is 13.3. The Labute approximate surface area is 211 Å². The number of carboxylic acid groups (broad SMARTS) is 2. The van der Waals surface area contributed by atoms with Crippen molar-refractivity contribution in [3.05, 3.63) is 65.7 Å². The van der Waals surface area contributed by atoms with Crippen LogP contribution >= 0.6 is 0 Å². The predicted octanol–water partition coefficient (Wildman–Crippen LogP) is 1.99. The normalized spacial score (nSPS) is 11.0. The molecule has 0 spiro atoms. The summed E-state index contributed by atoms with van der Waals surface area (Å²) in [4.78, 5) is 47.2. The molecule has 0 saturated heterocycles. The molecule has 0 fully saturated rings. The fraction of sp³-hybridized carbons (Fsp3) is 0.385. The third kappa shape index (κ3) is 11.0. The molecule has 10 nitrogen and oxygen atoms in total. The van der Waals surface area contributed by atoms with Crippen molar-refractivity contribution in [3.63, 3.8) is 0 Å². The standard InChI is InChI=1S/C24H33N3O3.C2H2O4/c1-5-27(6-2)16-17-30-21-14-12-19(13-15-21)18-22(24(29)26(3)4)25-23(28)20-10-8-7-9-11-20;3-1(4)2(5)6/h7-15,22H,5-6,16-18H2,1-4H3,(H,25,28);(H,3,4)(H,5,6). The molecular formula is C26H35N3O7. The van der Waals surface area contributed by atoms with Crippen molar-refractivity contribution >= 4 is 23.8 Å². The molecule has 0 radical (unpaired) electrons. The van der Waals surface area contributed by atoms with Gasteiger partial charge in [0.15, 0.2) is 0 Å². The lowest BCUT2D eigenvalue weighted by atomic mass is 10.0. The van der Waals surface area contributed by atoms with Gasteiger partial charge in [0.2, 0.25) is 5.91 Å². The van der Waals surface area contributed by atoms with Crippen molar-refractivity contribution in [1.82, 2.24) is 15.1 Å². The Morgan fingerprint density at radius 3 is 1.92 bits per heavy atom. The van der Waals surface area contributed by atoms with Crippen LogP contribution < -0.4 is 10.1 Å². The maximum Gasteiger partial charge on any atom is 0.414 e. The van der Waals surface area contributed by atoms with Crippen LogP contribution in [0.3, 0.4) is 0 Å². The molecule has 2 aromatic carbocycles. The lowest BCUT2D eigenvalue weighted by Gasteiger charge is -2.22. The third-order valence-electron chi connectivity index (χ3n) is 5.20. The highest BCUT2D eigenvalue weighted by Gasteiger charge is 2.23. The zero-order valence-electron chi connectivity index (χ0n) is 21.1. The van der Waals surface area contributed by atoms with Gasteiger partial charge in [-0.1, -0.05) is 44.2 Å². The van der Waals surface area contributed by atoms with E-state index in [0.29, 0.717) is 18.6 Å². The van der Waals surface area contributed by atoms with E-state index in [1.165, 1.54) is 4.90 Å². The van der Waals surface area contributed by atoms with E-state index in [-0.39, 0.29) is 11.8 Å². The van der Waals surface area contributed by atoms with Crippen LogP contribution in [-0.4, -0.2) is 90.1 Å². The molecule has 3 N–H and O–H groups in total. The minimum absolute atomic E-state index is 0.140. The van der Waals surface area contributed by atoms with Crippen molar-refractivity contribution < 1.29 is 34.1 Å². The quantitative estimate of drug-likeness (QED) is 0.398. The maximum atomic E-state index is 12.6. The Balaban J connectivity index is 0.000000960. The first-order valence-electron chi connectivity index (χ1n) is 11.6. The first-order valence-corrected chi connectivity index (χ1v) is 11.6. The van der Waals surface area contributed by atoms with E-state index < -0.39 is 18.0 Å². The minimum Gasteiger partial charge on any atom is -0.492 e. The first kappa shape index (κ1) is 30.1. The average Bonchev–Trinajstić information content (AvgIpc) is 2.87. The summed E-state index contributed by atoms with van der Waals surface area (Å²) in [5, 5.41) is 17.7. The number of carboxylic acids is 2. The van der Waals surface area contributed by atoms with Crippen LogP contribution in [0.25, 0.3) is 0 Å². The van der Waals surface area contributed by atoms with Gasteiger partial charge >= 0.3 is 11.9 Å². The molecule has 10 heteroatoms. The number of aliphatic carboxylic acids is 2. The summed E-state index contributed by atoms with van der Waals surface area (Å²) in [5.41, 5.74) is 1.49. The van der Waals surface area contributed by atoms with Crippen molar-refractivity contribution in [2.45, 2.75) is 26.3 Å². The van der Waals surface area contributed by atoms with Gasteiger partial charge in [0.1, 0.15) is 18.4 Å². The largest absolute Gasteiger partial charge is 0.492 e. The van der Waals surface area contributed by atoms with Gasteiger partial charge in [-0.25, -0.2) is 9.59 Å². The molecule has 2 rings (SSSR count). The number of ether oxygens (including phenoxy) is 1. The molecule has 2 aromatic rings. The van der Waals surface area contributed by atoms with E-state index in [0.717, 1.165) is 30.9 Å². The molecule has 0 aliphatic heterocycles. The van der Waals surface area contributed by atoms with E-state index in [2.05, 4.69) is 24.1 Å². The smallest absolute Gasteiger partial charge is 0.414 e. The van der Waals surface area contributed by atoms with E-state index in [4.69, 9.17) is 24.5 Å². The number of nitrogens with one attached hydrogen (secondary N) is 1. The van der Waals surface area contributed by atoms with Crippen LogP contribution in [0, 0.1) is 0 Å². The van der Waals surface area contributed by atoms with Gasteiger partial charge < -0.3 is 30.1 Å². The van der Waals surface area contributed by atoms with E-state index >= 15 is 0 Å². The van der Waals surface area contributed by atoms with Crippen LogP contribution in [0.2, 0.25) is 0 Å². The summed E-state index contributed by atoms with van der Waals surface area (Å²) < 4.78 is 5.82. The van der Waals surface area contributed by atoms with Gasteiger partial charge in [0.25, 0.3) is 5.91 Å². The minimum atomic E-state index is -1.82. The topological polar surface area (TPSA) is 136 Å². The average molecular weight is 502 g/mol. The van der Waals surface area contributed by atoms with Crippen LogP contribution in [0.4, 0.5) is 0 Å². The Morgan fingerprint density at radius 1 is 0.889 bits per heavy atom. The molecule has 0 bridgehead atoms. The summed E-state index contributed by atoms with van der Waals surface area (Å²) in [6, 6.07) is 16.0. The summed E-state index contributed by atoms with van der Waals surface area (Å²) in [7, 11) is 3.38. The van der Waals surface area contributed by atoms with Gasteiger partial charge in [0.05, 0.1) is 0 Å². The predicted molar refractivity (Wildman–Crippen MR) is 135 cm³/mol. The summed E-state index contributed by atoms with van der Waals surface area (Å²) >= 11 is 0. The second kappa shape index (κ2) is 15.9. The molecule has 36 heavy (non-hydrogen) atoms. The lowest BCUT2D eigenvalue weighted by molar-refractivity contribution is -0.159. The molecule has 0 heterocycles. The van der Waals surface area contributed by atoms with Crippen molar-refractivity contribution in [2.75, 3.05) is 40.3 Å². The van der Waals surface area contributed by atoms with E-state index in [1.807, 2.05) is 30.3 Å². The molecule has 0 aliphatic carbocycles. The molecule has 1 unspecified atom stereocenters. The zero-order chi connectivity index (χ0) is 27.1. The monoisotopic (exact) mass is 501 g/mol. The van der Waals surface area contributed by atoms with Crippen LogP contribution in [0.15, 0.2) is 54.6 Å². The highest BCUT2D eigenvalue weighted by atomic mass is 16.5. The fourth-order valence-electron chi connectivity index (χ4n) is 3.13. The number of amides is 2. The fourth-order valence-corrected chi connectivity index (χ4v) is 3.13. The number of carbonyl (C=O) groups excluding carboxylic acids is 2. The summed E-state index contributed by atoms with van der Waals surface area (Å²) in [5.74, 6) is -3.24. The molecular weight excluding hydrogens is 466 g/mol. The summed E-state index contributed by atoms with van der Waals surface area (Å²) in [6.07, 6.45) is 0.412. The van der Waals surface area contributed by atoms with Crippen LogP contribution in [-0.2, 0) is 20.8 Å². The molecule has 1 atom stereocenters. The van der Waals surface area contributed by atoms with Crippen molar-refractivity contribution in [3.8, 4) is 5.75 Å². The van der Waals surface area contributed by atoms with Crippen molar-refractivity contribution in [1.29, 1.82) is 0 Å². The Morgan fingerprint density at radius 2 is 1.44 bits per heavy atom. The molecule has 0 aromatic heterocycles. The van der Waals surface area contributed by atoms with E-state index in [1.54, 1.807) is 38.4 Å². The van der Waals surface area contributed by atoms with Gasteiger partial charge in [-0.05, 0) is 42.9 Å². The molecule has 2 amide bonds. The molecule has 0 aliphatic rings. The highest BCUT2D eigenvalue weighted by molar-refractivity contribution is 6.27. The SMILES string of the molecule is CCN(CC)CCOc1ccc(CC(NC(=O)c2ccccc2)C(=O)N(C)C)cc1.O=C(O)C(=O)O. The zero-order valence-corrected chi connectivity index (χ0v) is 21.1. The van der Waals surface area contributed by atoms with Gasteiger partial charge in [0, 0.05) is 32.6 Å². The number of benzene rings is 2. The Hall–Kier alpha value is -3.92. The number of hydrogen-bond donors (Lipinski definition) is 3.